The molecule has 0 radical (unpaired) electrons. The van der Waals surface area contributed by atoms with Crippen molar-refractivity contribution in [3.63, 3.8) is 0 Å². The lowest BCUT2D eigenvalue weighted by Crippen LogP contribution is -2.56. The van der Waals surface area contributed by atoms with Crippen LogP contribution in [0.1, 0.15) is 32.1 Å². The minimum Gasteiger partial charge on any atom is -0.385 e. The normalized spacial score (nSPS) is 19.7. The fraction of sp³-hybridized carbons (Fsp3) is 0.737. The number of aryl methyl sites for hydroxylation is 1. The standard InChI is InChI=1S/C19H32N6O2.HI/c1-20-18(21-15-19(8-11-27-3)6-4-5-7-19)24-9-10-25(17(26)14-24)16-12-22-23(2)13-16;/h12-13H,4-11,14-15H2,1-3H3,(H,20,21);1H. The molecule has 0 aromatic carbocycles. The van der Waals surface area contributed by atoms with Crippen LogP contribution in [-0.4, -0.2) is 73.5 Å². The average Bonchev–Trinajstić information content (AvgIpc) is 3.30. The zero-order chi connectivity index (χ0) is 19.3. The molecule has 0 atom stereocenters. The Morgan fingerprint density at radius 2 is 2.11 bits per heavy atom. The van der Waals surface area contributed by atoms with Crippen molar-refractivity contribution in [2.24, 2.45) is 17.5 Å². The fourth-order valence-corrected chi connectivity index (χ4v) is 4.23. The molecule has 1 N–H and O–H groups in total. The fourth-order valence-electron chi connectivity index (χ4n) is 4.23. The van der Waals surface area contributed by atoms with E-state index in [1.165, 1.54) is 25.7 Å². The summed E-state index contributed by atoms with van der Waals surface area (Å²) in [7, 11) is 5.41. The molecule has 0 bridgehead atoms. The molecule has 1 aliphatic carbocycles. The van der Waals surface area contributed by atoms with Gasteiger partial charge in [0, 0.05) is 53.6 Å². The number of carbonyl (C=O) groups is 1. The number of rotatable bonds is 6. The molecule has 1 aliphatic heterocycles. The van der Waals surface area contributed by atoms with Gasteiger partial charge in [-0.05, 0) is 24.7 Å². The third-order valence-corrected chi connectivity index (χ3v) is 5.86. The van der Waals surface area contributed by atoms with Crippen molar-refractivity contribution in [2.45, 2.75) is 32.1 Å². The van der Waals surface area contributed by atoms with Crippen LogP contribution in [0.5, 0.6) is 0 Å². The maximum Gasteiger partial charge on any atom is 0.246 e. The summed E-state index contributed by atoms with van der Waals surface area (Å²) >= 11 is 0. The van der Waals surface area contributed by atoms with Crippen LogP contribution in [0.15, 0.2) is 17.4 Å². The molecule has 0 unspecified atom stereocenters. The second kappa shape index (κ2) is 10.4. The summed E-state index contributed by atoms with van der Waals surface area (Å²) in [6, 6.07) is 0. The van der Waals surface area contributed by atoms with Crippen LogP contribution in [-0.2, 0) is 16.6 Å². The third kappa shape index (κ3) is 5.37. The van der Waals surface area contributed by atoms with Crippen molar-refractivity contribution in [2.75, 3.05) is 51.8 Å². The van der Waals surface area contributed by atoms with Crippen LogP contribution in [0, 0.1) is 5.41 Å². The molecule has 28 heavy (non-hydrogen) atoms. The number of hydrogen-bond acceptors (Lipinski definition) is 4. The van der Waals surface area contributed by atoms with Gasteiger partial charge in [-0.1, -0.05) is 12.8 Å². The number of aliphatic imine (C=N–C) groups is 1. The van der Waals surface area contributed by atoms with E-state index in [1.807, 2.05) is 18.1 Å². The SMILES string of the molecule is CN=C(NCC1(CCOC)CCCC1)N1CCN(c2cnn(C)c2)C(=O)C1.I. The molecule has 2 aliphatic rings. The zero-order valence-corrected chi connectivity index (χ0v) is 19.5. The van der Waals surface area contributed by atoms with Crippen molar-refractivity contribution < 1.29 is 9.53 Å². The van der Waals surface area contributed by atoms with Crippen molar-refractivity contribution >= 4 is 41.5 Å². The molecule has 1 amide bonds. The van der Waals surface area contributed by atoms with Gasteiger partial charge in [-0.15, -0.1) is 24.0 Å². The topological polar surface area (TPSA) is 75.0 Å². The minimum absolute atomic E-state index is 0. The molecule has 2 heterocycles. The number of carbonyl (C=O) groups excluding carboxylic acids is 1. The first-order valence-corrected chi connectivity index (χ1v) is 9.80. The second-order valence-corrected chi connectivity index (χ2v) is 7.69. The summed E-state index contributed by atoms with van der Waals surface area (Å²) in [4.78, 5) is 20.9. The van der Waals surface area contributed by atoms with Gasteiger partial charge in [0.1, 0.15) is 6.54 Å². The highest BCUT2D eigenvalue weighted by atomic mass is 127. The monoisotopic (exact) mass is 504 g/mol. The van der Waals surface area contributed by atoms with Crippen LogP contribution in [0.3, 0.4) is 0 Å². The van der Waals surface area contributed by atoms with E-state index >= 15 is 0 Å². The third-order valence-electron chi connectivity index (χ3n) is 5.86. The van der Waals surface area contributed by atoms with E-state index in [4.69, 9.17) is 4.74 Å². The number of halogens is 1. The maximum absolute atomic E-state index is 12.6. The van der Waals surface area contributed by atoms with Crippen molar-refractivity contribution in [1.82, 2.24) is 20.0 Å². The Kier molecular flexibility index (Phi) is 8.54. The molecule has 1 aromatic heterocycles. The Balaban J connectivity index is 0.00000280. The molecule has 3 rings (SSSR count). The van der Waals surface area contributed by atoms with Gasteiger partial charge in [0.2, 0.25) is 5.91 Å². The summed E-state index contributed by atoms with van der Waals surface area (Å²) in [5.74, 6) is 0.894. The van der Waals surface area contributed by atoms with E-state index in [9.17, 15) is 4.79 Å². The molecular weight excluding hydrogens is 471 g/mol. The lowest BCUT2D eigenvalue weighted by atomic mass is 9.83. The molecule has 9 heteroatoms. The van der Waals surface area contributed by atoms with Gasteiger partial charge in [-0.3, -0.25) is 14.5 Å². The lowest BCUT2D eigenvalue weighted by molar-refractivity contribution is -0.120. The molecule has 1 saturated carbocycles. The number of nitrogens with zero attached hydrogens (tertiary/aromatic N) is 5. The van der Waals surface area contributed by atoms with Crippen LogP contribution in [0.4, 0.5) is 5.69 Å². The zero-order valence-electron chi connectivity index (χ0n) is 17.2. The van der Waals surface area contributed by atoms with E-state index in [1.54, 1.807) is 29.9 Å². The number of piperazine rings is 1. The number of guanidine groups is 1. The van der Waals surface area contributed by atoms with E-state index in [0.717, 1.165) is 37.8 Å². The summed E-state index contributed by atoms with van der Waals surface area (Å²) in [5.41, 5.74) is 1.14. The molecule has 8 nitrogen and oxygen atoms in total. The molecule has 2 fully saturated rings. The Hall–Kier alpha value is -1.36. The van der Waals surface area contributed by atoms with Crippen LogP contribution in [0.2, 0.25) is 0 Å². The number of hydrogen-bond donors (Lipinski definition) is 1. The highest BCUT2D eigenvalue weighted by molar-refractivity contribution is 14.0. The first kappa shape index (κ1) is 22.9. The molecule has 0 spiro atoms. The van der Waals surface area contributed by atoms with Gasteiger partial charge in [-0.25, -0.2) is 0 Å². The van der Waals surface area contributed by atoms with Crippen LogP contribution in [0.25, 0.3) is 0 Å². The van der Waals surface area contributed by atoms with Gasteiger partial charge in [-0.2, -0.15) is 5.10 Å². The summed E-state index contributed by atoms with van der Waals surface area (Å²) in [6.45, 7) is 3.41. The van der Waals surface area contributed by atoms with Crippen LogP contribution >= 0.6 is 24.0 Å². The second-order valence-electron chi connectivity index (χ2n) is 7.69. The first-order valence-electron chi connectivity index (χ1n) is 9.80. The number of nitrogens with one attached hydrogen (secondary N) is 1. The molecule has 158 valence electrons. The van der Waals surface area contributed by atoms with Gasteiger partial charge in [0.05, 0.1) is 11.9 Å². The van der Waals surface area contributed by atoms with Gasteiger partial charge in [0.25, 0.3) is 0 Å². The Labute approximate surface area is 184 Å². The Bertz CT molecular complexity index is 671. The van der Waals surface area contributed by atoms with E-state index < -0.39 is 0 Å². The molecule has 1 saturated heterocycles. The Morgan fingerprint density at radius 1 is 1.36 bits per heavy atom. The largest absolute Gasteiger partial charge is 0.385 e. The summed E-state index contributed by atoms with van der Waals surface area (Å²) in [5, 5.41) is 7.71. The quantitative estimate of drug-likeness (QED) is 0.364. The Morgan fingerprint density at radius 3 is 2.68 bits per heavy atom. The predicted octanol–water partition coefficient (Wildman–Crippen LogP) is 1.86. The minimum atomic E-state index is 0. The van der Waals surface area contributed by atoms with Gasteiger partial charge < -0.3 is 19.9 Å². The van der Waals surface area contributed by atoms with Crippen molar-refractivity contribution in [3.8, 4) is 0 Å². The highest BCUT2D eigenvalue weighted by Gasteiger charge is 2.34. The van der Waals surface area contributed by atoms with Crippen LogP contribution < -0.4 is 10.2 Å². The van der Waals surface area contributed by atoms with Crippen molar-refractivity contribution in [1.29, 1.82) is 0 Å². The van der Waals surface area contributed by atoms with Gasteiger partial charge >= 0.3 is 0 Å². The summed E-state index contributed by atoms with van der Waals surface area (Å²) in [6.07, 6.45) is 9.71. The molecule has 1 aromatic rings. The lowest BCUT2D eigenvalue weighted by Gasteiger charge is -2.37. The molecular formula is C19H33IN6O2. The number of amides is 1. The first-order chi connectivity index (χ1) is 13.1. The number of anilines is 1. The number of methoxy groups -OCH3 is 1. The van der Waals surface area contributed by atoms with Gasteiger partial charge in [0.15, 0.2) is 5.96 Å². The maximum atomic E-state index is 12.6. The van der Waals surface area contributed by atoms with E-state index in [-0.39, 0.29) is 35.3 Å². The highest BCUT2D eigenvalue weighted by Crippen LogP contribution is 2.40. The smallest absolute Gasteiger partial charge is 0.246 e. The summed E-state index contributed by atoms with van der Waals surface area (Å²) < 4.78 is 7.04. The van der Waals surface area contributed by atoms with Crippen molar-refractivity contribution in [3.05, 3.63) is 12.4 Å². The number of aromatic nitrogens is 2. The predicted molar refractivity (Wildman–Crippen MR) is 121 cm³/mol. The number of ether oxygens (including phenoxy) is 1. The van der Waals surface area contributed by atoms with E-state index in [2.05, 4.69) is 15.4 Å². The van der Waals surface area contributed by atoms with E-state index in [0.29, 0.717) is 13.1 Å². The average molecular weight is 504 g/mol.